The van der Waals surface area contributed by atoms with Gasteiger partial charge in [-0.25, -0.2) is 4.39 Å². The molecule has 0 saturated heterocycles. The van der Waals surface area contributed by atoms with Gasteiger partial charge in [-0.1, -0.05) is 12.1 Å². The molecule has 0 aliphatic carbocycles. The lowest BCUT2D eigenvalue weighted by molar-refractivity contribution is -0.127. The number of anilines is 1. The maximum absolute atomic E-state index is 13.4. The largest absolute Gasteiger partial charge is 0.366 e. The van der Waals surface area contributed by atoms with E-state index in [9.17, 15) is 9.18 Å². The summed E-state index contributed by atoms with van der Waals surface area (Å²) in [5.74, 6) is -0.691. The molecule has 0 saturated carbocycles. The lowest BCUT2D eigenvalue weighted by Crippen LogP contribution is -2.34. The lowest BCUT2D eigenvalue weighted by Gasteiger charge is -2.22. The predicted octanol–water partition coefficient (Wildman–Crippen LogP) is 2.60. The van der Waals surface area contributed by atoms with E-state index >= 15 is 0 Å². The molecule has 0 atom stereocenters. The van der Waals surface area contributed by atoms with Crippen molar-refractivity contribution in [3.8, 4) is 0 Å². The Bertz CT molecular complexity index is 399. The summed E-state index contributed by atoms with van der Waals surface area (Å²) in [6.45, 7) is 5.53. The standard InChI is InChI=1S/C13H18FNO2/c1-13(2,3)17-9-12(16)15(4)11-8-6-5-7-10(11)14/h5-8H,9H2,1-4H3. The van der Waals surface area contributed by atoms with Gasteiger partial charge in [0.05, 0.1) is 11.3 Å². The number of carbonyl (C=O) groups is 1. The molecule has 0 aliphatic heterocycles. The molecule has 0 N–H and O–H groups in total. The number of benzene rings is 1. The fraction of sp³-hybridized carbons (Fsp3) is 0.462. The van der Waals surface area contributed by atoms with Gasteiger partial charge in [0, 0.05) is 7.05 Å². The fourth-order valence-electron chi connectivity index (χ4n) is 1.23. The highest BCUT2D eigenvalue weighted by Gasteiger charge is 2.18. The first kappa shape index (κ1) is 13.6. The second kappa shape index (κ2) is 5.27. The molecule has 1 amide bonds. The molecule has 0 radical (unpaired) electrons. The summed E-state index contributed by atoms with van der Waals surface area (Å²) in [5.41, 5.74) is -0.124. The lowest BCUT2D eigenvalue weighted by atomic mass is 10.2. The molecule has 0 unspecified atom stereocenters. The highest BCUT2D eigenvalue weighted by atomic mass is 19.1. The van der Waals surface area contributed by atoms with Crippen molar-refractivity contribution in [3.63, 3.8) is 0 Å². The molecule has 17 heavy (non-hydrogen) atoms. The van der Waals surface area contributed by atoms with E-state index in [2.05, 4.69) is 0 Å². The van der Waals surface area contributed by atoms with Gasteiger partial charge in [0.1, 0.15) is 12.4 Å². The first-order chi connectivity index (χ1) is 7.81. The summed E-state index contributed by atoms with van der Waals surface area (Å²) in [6.07, 6.45) is 0. The zero-order valence-corrected chi connectivity index (χ0v) is 10.7. The molecule has 0 bridgehead atoms. The Kier molecular flexibility index (Phi) is 4.23. The van der Waals surface area contributed by atoms with E-state index < -0.39 is 5.82 Å². The number of ether oxygens (including phenoxy) is 1. The van der Waals surface area contributed by atoms with E-state index in [1.54, 1.807) is 18.2 Å². The van der Waals surface area contributed by atoms with Gasteiger partial charge < -0.3 is 9.64 Å². The molecule has 0 spiro atoms. The van der Waals surface area contributed by atoms with E-state index in [-0.39, 0.29) is 23.8 Å². The minimum atomic E-state index is -0.417. The van der Waals surface area contributed by atoms with Gasteiger partial charge in [-0.2, -0.15) is 0 Å². The number of hydrogen-bond acceptors (Lipinski definition) is 2. The molecule has 0 fully saturated rings. The Morgan fingerprint density at radius 3 is 2.47 bits per heavy atom. The molecule has 3 nitrogen and oxygen atoms in total. The Balaban J connectivity index is 2.68. The molecule has 94 valence electrons. The molecule has 4 heteroatoms. The first-order valence-electron chi connectivity index (χ1n) is 5.46. The summed E-state index contributed by atoms with van der Waals surface area (Å²) in [6, 6.07) is 6.16. The summed E-state index contributed by atoms with van der Waals surface area (Å²) < 4.78 is 18.8. The van der Waals surface area contributed by atoms with Crippen LogP contribution in [0.4, 0.5) is 10.1 Å². The van der Waals surface area contributed by atoms with E-state index in [0.717, 1.165) is 0 Å². The number of rotatable bonds is 3. The van der Waals surface area contributed by atoms with Crippen molar-refractivity contribution in [3.05, 3.63) is 30.1 Å². The summed E-state index contributed by atoms with van der Waals surface area (Å²) in [4.78, 5) is 13.0. The molecule has 0 heterocycles. The van der Waals surface area contributed by atoms with Crippen LogP contribution >= 0.6 is 0 Å². The van der Waals surface area contributed by atoms with Crippen LogP contribution in [0.15, 0.2) is 24.3 Å². The number of likely N-dealkylation sites (N-methyl/N-ethyl adjacent to an activating group) is 1. The number of amides is 1. The molecule has 1 aromatic carbocycles. The summed E-state index contributed by atoms with van der Waals surface area (Å²) in [5, 5.41) is 0. The van der Waals surface area contributed by atoms with Gasteiger partial charge in [0.2, 0.25) is 0 Å². The monoisotopic (exact) mass is 239 g/mol. The smallest absolute Gasteiger partial charge is 0.252 e. The first-order valence-corrected chi connectivity index (χ1v) is 5.46. The number of hydrogen-bond donors (Lipinski definition) is 0. The Hall–Kier alpha value is -1.42. The van der Waals surface area contributed by atoms with E-state index in [1.807, 2.05) is 20.8 Å². The van der Waals surface area contributed by atoms with Crippen molar-refractivity contribution in [1.29, 1.82) is 0 Å². The Labute approximate surface area is 101 Å². The maximum atomic E-state index is 13.4. The molecule has 1 aromatic rings. The van der Waals surface area contributed by atoms with Crippen LogP contribution < -0.4 is 4.90 Å². The molecular weight excluding hydrogens is 221 g/mol. The van der Waals surface area contributed by atoms with Gasteiger partial charge in [-0.3, -0.25) is 4.79 Å². The van der Waals surface area contributed by atoms with Gasteiger partial charge in [-0.15, -0.1) is 0 Å². The Morgan fingerprint density at radius 2 is 1.94 bits per heavy atom. The fourth-order valence-corrected chi connectivity index (χ4v) is 1.23. The van der Waals surface area contributed by atoms with Crippen LogP contribution in [-0.2, 0) is 9.53 Å². The van der Waals surface area contributed by atoms with E-state index in [4.69, 9.17) is 4.74 Å². The van der Waals surface area contributed by atoms with Gasteiger partial charge in [0.25, 0.3) is 5.91 Å². The van der Waals surface area contributed by atoms with Crippen molar-refractivity contribution in [2.24, 2.45) is 0 Å². The highest BCUT2D eigenvalue weighted by molar-refractivity contribution is 5.93. The third kappa shape index (κ3) is 4.15. The zero-order valence-electron chi connectivity index (χ0n) is 10.7. The molecular formula is C13H18FNO2. The van der Waals surface area contributed by atoms with Crippen LogP contribution in [0, 0.1) is 5.82 Å². The second-order valence-corrected chi connectivity index (χ2v) is 4.81. The van der Waals surface area contributed by atoms with Crippen LogP contribution in [0.2, 0.25) is 0 Å². The third-order valence-electron chi connectivity index (χ3n) is 2.22. The van der Waals surface area contributed by atoms with Crippen LogP contribution in [0.1, 0.15) is 20.8 Å². The summed E-state index contributed by atoms with van der Waals surface area (Å²) >= 11 is 0. The van der Waals surface area contributed by atoms with Crippen molar-refractivity contribution in [2.45, 2.75) is 26.4 Å². The maximum Gasteiger partial charge on any atom is 0.252 e. The van der Waals surface area contributed by atoms with Gasteiger partial charge in [0.15, 0.2) is 0 Å². The number of nitrogens with zero attached hydrogens (tertiary/aromatic N) is 1. The summed E-state index contributed by atoms with van der Waals surface area (Å²) in [7, 11) is 1.53. The van der Waals surface area contributed by atoms with Gasteiger partial charge in [-0.05, 0) is 32.9 Å². The second-order valence-electron chi connectivity index (χ2n) is 4.81. The average molecular weight is 239 g/mol. The van der Waals surface area contributed by atoms with Crippen LogP contribution in [0.5, 0.6) is 0 Å². The predicted molar refractivity (Wildman–Crippen MR) is 65.5 cm³/mol. The minimum absolute atomic E-state index is 0.0612. The normalized spacial score (nSPS) is 11.4. The van der Waals surface area contributed by atoms with Crippen molar-refractivity contribution >= 4 is 11.6 Å². The number of para-hydroxylation sites is 1. The van der Waals surface area contributed by atoms with E-state index in [1.165, 1.54) is 18.0 Å². The van der Waals surface area contributed by atoms with Crippen LogP contribution in [0.25, 0.3) is 0 Å². The van der Waals surface area contributed by atoms with Crippen molar-refractivity contribution in [1.82, 2.24) is 0 Å². The van der Waals surface area contributed by atoms with Crippen molar-refractivity contribution in [2.75, 3.05) is 18.6 Å². The topological polar surface area (TPSA) is 29.5 Å². The molecule has 0 aliphatic rings. The van der Waals surface area contributed by atoms with Crippen LogP contribution in [0.3, 0.4) is 0 Å². The van der Waals surface area contributed by atoms with Gasteiger partial charge >= 0.3 is 0 Å². The quantitative estimate of drug-likeness (QED) is 0.811. The van der Waals surface area contributed by atoms with E-state index in [0.29, 0.717) is 0 Å². The molecule has 0 aromatic heterocycles. The van der Waals surface area contributed by atoms with Crippen molar-refractivity contribution < 1.29 is 13.9 Å². The average Bonchev–Trinajstić information content (AvgIpc) is 2.24. The zero-order chi connectivity index (χ0) is 13.1. The Morgan fingerprint density at radius 1 is 1.35 bits per heavy atom. The minimum Gasteiger partial charge on any atom is -0.366 e. The SMILES string of the molecule is CN(C(=O)COC(C)(C)C)c1ccccc1F. The third-order valence-corrected chi connectivity index (χ3v) is 2.22. The molecule has 1 rings (SSSR count). The number of carbonyl (C=O) groups excluding carboxylic acids is 1. The number of halogens is 1. The van der Waals surface area contributed by atoms with Crippen LogP contribution in [-0.4, -0.2) is 25.2 Å². The highest BCUT2D eigenvalue weighted by Crippen LogP contribution is 2.17.